The Kier molecular flexibility index (Phi) is 7.11. The smallest absolute Gasteiger partial charge is 0.410 e. The van der Waals surface area contributed by atoms with Gasteiger partial charge in [-0.25, -0.2) is 4.79 Å². The van der Waals surface area contributed by atoms with Gasteiger partial charge >= 0.3 is 6.09 Å². The fourth-order valence-electron chi connectivity index (χ4n) is 2.90. The predicted octanol–water partition coefficient (Wildman–Crippen LogP) is 2.17. The van der Waals surface area contributed by atoms with E-state index in [9.17, 15) is 4.79 Å². The molecule has 0 radical (unpaired) electrons. The van der Waals surface area contributed by atoms with Gasteiger partial charge in [0.2, 0.25) is 0 Å². The van der Waals surface area contributed by atoms with Crippen LogP contribution in [-0.4, -0.2) is 68.2 Å². The van der Waals surface area contributed by atoms with E-state index in [1.165, 1.54) is 6.42 Å². The third-order valence-electron chi connectivity index (χ3n) is 4.12. The lowest BCUT2D eigenvalue weighted by Gasteiger charge is -2.33. The van der Waals surface area contributed by atoms with Gasteiger partial charge in [0, 0.05) is 32.8 Å². The minimum Gasteiger partial charge on any atom is -0.444 e. The van der Waals surface area contributed by atoms with E-state index in [0.717, 1.165) is 39.0 Å². The van der Waals surface area contributed by atoms with Gasteiger partial charge in [-0.3, -0.25) is 0 Å². The third kappa shape index (κ3) is 7.06. The molecular weight excluding hydrogens is 296 g/mol. The number of likely N-dealkylation sites (tertiary alicyclic amines) is 1. The number of hydrogen-bond donors (Lipinski definition) is 1. The fourth-order valence-corrected chi connectivity index (χ4v) is 2.90. The van der Waals surface area contributed by atoms with E-state index in [-0.39, 0.29) is 12.2 Å². The van der Waals surface area contributed by atoms with Crippen molar-refractivity contribution in [3.8, 4) is 0 Å². The average Bonchev–Trinajstić information content (AvgIpc) is 2.99. The van der Waals surface area contributed by atoms with Crippen LogP contribution in [-0.2, 0) is 14.2 Å². The van der Waals surface area contributed by atoms with Crippen molar-refractivity contribution in [1.29, 1.82) is 0 Å². The van der Waals surface area contributed by atoms with E-state index in [4.69, 9.17) is 14.2 Å². The van der Waals surface area contributed by atoms with Gasteiger partial charge in [-0.05, 0) is 46.5 Å². The van der Waals surface area contributed by atoms with Crippen LogP contribution in [0.2, 0.25) is 0 Å². The predicted molar refractivity (Wildman–Crippen MR) is 88.6 cm³/mol. The summed E-state index contributed by atoms with van der Waals surface area (Å²) in [5.74, 6) is 0. The maximum Gasteiger partial charge on any atom is 0.410 e. The first-order valence-corrected chi connectivity index (χ1v) is 8.86. The zero-order valence-electron chi connectivity index (χ0n) is 14.8. The van der Waals surface area contributed by atoms with Crippen LogP contribution < -0.4 is 5.32 Å². The molecule has 134 valence electrons. The molecule has 2 rings (SSSR count). The monoisotopic (exact) mass is 328 g/mol. The molecule has 0 saturated carbocycles. The number of carbonyl (C=O) groups is 1. The number of nitrogens with one attached hydrogen (secondary N) is 1. The Hall–Kier alpha value is -0.850. The van der Waals surface area contributed by atoms with Crippen molar-refractivity contribution in [2.75, 3.05) is 39.4 Å². The molecule has 1 atom stereocenters. The van der Waals surface area contributed by atoms with Crippen LogP contribution >= 0.6 is 0 Å². The number of ether oxygens (including phenoxy) is 3. The van der Waals surface area contributed by atoms with Gasteiger partial charge in [0.15, 0.2) is 0 Å². The second-order valence-corrected chi connectivity index (χ2v) is 7.38. The number of rotatable bonds is 6. The van der Waals surface area contributed by atoms with Crippen LogP contribution in [0.3, 0.4) is 0 Å². The summed E-state index contributed by atoms with van der Waals surface area (Å²) in [6, 6.07) is 0. The minimum atomic E-state index is -0.431. The highest BCUT2D eigenvalue weighted by Gasteiger charge is 2.27. The minimum absolute atomic E-state index is 0.214. The van der Waals surface area contributed by atoms with Crippen molar-refractivity contribution < 1.29 is 19.0 Å². The van der Waals surface area contributed by atoms with Gasteiger partial charge in [0.25, 0.3) is 0 Å². The normalized spacial score (nSPS) is 23.3. The van der Waals surface area contributed by atoms with Crippen molar-refractivity contribution in [3.63, 3.8) is 0 Å². The molecule has 2 heterocycles. The average molecular weight is 328 g/mol. The largest absolute Gasteiger partial charge is 0.444 e. The lowest BCUT2D eigenvalue weighted by atomic mass is 10.1. The highest BCUT2D eigenvalue weighted by atomic mass is 16.6. The molecule has 1 N–H and O–H groups in total. The zero-order valence-corrected chi connectivity index (χ0v) is 14.8. The molecule has 23 heavy (non-hydrogen) atoms. The Morgan fingerprint density at radius 3 is 2.61 bits per heavy atom. The molecule has 1 unspecified atom stereocenters. The Bertz CT molecular complexity index is 356. The molecule has 0 spiro atoms. The highest BCUT2D eigenvalue weighted by Crippen LogP contribution is 2.17. The van der Waals surface area contributed by atoms with Gasteiger partial charge in [-0.15, -0.1) is 0 Å². The van der Waals surface area contributed by atoms with E-state index in [2.05, 4.69) is 5.32 Å². The Labute approximate surface area is 139 Å². The summed E-state index contributed by atoms with van der Waals surface area (Å²) in [7, 11) is 0. The van der Waals surface area contributed by atoms with E-state index >= 15 is 0 Å². The van der Waals surface area contributed by atoms with E-state index in [1.807, 2.05) is 20.8 Å². The zero-order chi connectivity index (χ0) is 16.7. The molecule has 6 nitrogen and oxygen atoms in total. The van der Waals surface area contributed by atoms with Gasteiger partial charge in [0.05, 0.1) is 18.8 Å². The fraction of sp³-hybridized carbons (Fsp3) is 0.941. The van der Waals surface area contributed by atoms with E-state index in [0.29, 0.717) is 25.8 Å². The molecule has 2 fully saturated rings. The van der Waals surface area contributed by atoms with E-state index in [1.54, 1.807) is 4.90 Å². The molecule has 2 aliphatic rings. The highest BCUT2D eigenvalue weighted by molar-refractivity contribution is 5.68. The van der Waals surface area contributed by atoms with Crippen LogP contribution in [0.25, 0.3) is 0 Å². The molecule has 0 bridgehead atoms. The summed E-state index contributed by atoms with van der Waals surface area (Å²) in [6.07, 6.45) is 4.52. The van der Waals surface area contributed by atoms with Crippen LogP contribution in [0.1, 0.15) is 46.5 Å². The Balaban J connectivity index is 1.51. The van der Waals surface area contributed by atoms with Crippen LogP contribution in [0.4, 0.5) is 4.79 Å². The first kappa shape index (κ1) is 18.5. The second kappa shape index (κ2) is 8.85. The number of piperidine rings is 1. The lowest BCUT2D eigenvalue weighted by molar-refractivity contribution is -0.0108. The van der Waals surface area contributed by atoms with Crippen molar-refractivity contribution >= 4 is 6.09 Å². The molecule has 0 aromatic rings. The summed E-state index contributed by atoms with van der Waals surface area (Å²) in [5.41, 5.74) is -0.431. The van der Waals surface area contributed by atoms with Gasteiger partial charge in [-0.1, -0.05) is 0 Å². The van der Waals surface area contributed by atoms with Crippen molar-refractivity contribution in [1.82, 2.24) is 10.2 Å². The molecule has 1 amide bonds. The molecule has 0 aromatic carbocycles. The molecule has 2 aliphatic heterocycles. The van der Waals surface area contributed by atoms with Gasteiger partial charge < -0.3 is 24.4 Å². The summed E-state index contributed by atoms with van der Waals surface area (Å²) < 4.78 is 16.9. The van der Waals surface area contributed by atoms with Crippen molar-refractivity contribution in [2.24, 2.45) is 0 Å². The van der Waals surface area contributed by atoms with Crippen LogP contribution in [0.5, 0.6) is 0 Å². The standard InChI is InChI=1S/C17H32N2O4/c1-17(2,3)23-16(20)19-9-6-14(7-10-19)22-12-8-18-13-15-5-4-11-21-15/h14-15,18H,4-13H2,1-3H3. The maximum absolute atomic E-state index is 12.0. The third-order valence-corrected chi connectivity index (χ3v) is 4.12. The van der Waals surface area contributed by atoms with Gasteiger partial charge in [-0.2, -0.15) is 0 Å². The molecule has 6 heteroatoms. The number of hydrogen-bond acceptors (Lipinski definition) is 5. The first-order valence-electron chi connectivity index (χ1n) is 8.86. The topological polar surface area (TPSA) is 60.0 Å². The maximum atomic E-state index is 12.0. The van der Waals surface area contributed by atoms with Crippen LogP contribution in [0, 0.1) is 0 Å². The van der Waals surface area contributed by atoms with E-state index < -0.39 is 5.60 Å². The Morgan fingerprint density at radius 1 is 1.26 bits per heavy atom. The summed E-state index contributed by atoms with van der Waals surface area (Å²) in [5, 5.41) is 3.39. The number of nitrogens with zero attached hydrogens (tertiary/aromatic N) is 1. The van der Waals surface area contributed by atoms with Crippen LogP contribution in [0.15, 0.2) is 0 Å². The summed E-state index contributed by atoms with van der Waals surface area (Å²) in [4.78, 5) is 13.8. The summed E-state index contributed by atoms with van der Waals surface area (Å²) in [6.45, 7) is 10.5. The Morgan fingerprint density at radius 2 is 2.00 bits per heavy atom. The summed E-state index contributed by atoms with van der Waals surface area (Å²) >= 11 is 0. The first-order chi connectivity index (χ1) is 10.9. The van der Waals surface area contributed by atoms with Crippen molar-refractivity contribution in [2.45, 2.75) is 64.3 Å². The molecule has 0 aromatic heterocycles. The molecular formula is C17H32N2O4. The molecule has 2 saturated heterocycles. The SMILES string of the molecule is CC(C)(C)OC(=O)N1CCC(OCCNCC2CCCO2)CC1. The van der Waals surface area contributed by atoms with Crippen molar-refractivity contribution in [3.05, 3.63) is 0 Å². The quantitative estimate of drug-likeness (QED) is 0.757. The number of amides is 1. The van der Waals surface area contributed by atoms with Gasteiger partial charge in [0.1, 0.15) is 5.60 Å². The molecule has 0 aliphatic carbocycles. The second-order valence-electron chi connectivity index (χ2n) is 7.38. The lowest BCUT2D eigenvalue weighted by Crippen LogP contribution is -2.43. The number of carbonyl (C=O) groups excluding carboxylic acids is 1.